The van der Waals surface area contributed by atoms with E-state index in [0.29, 0.717) is 6.42 Å². The Morgan fingerprint density at radius 1 is 1.60 bits per heavy atom. The van der Waals surface area contributed by atoms with E-state index in [1.165, 1.54) is 0 Å². The molecule has 0 bridgehead atoms. The Hall–Kier alpha value is -0.370. The molecule has 2 heteroatoms. The van der Waals surface area contributed by atoms with E-state index in [9.17, 15) is 4.79 Å². The van der Waals surface area contributed by atoms with Crippen molar-refractivity contribution in [2.45, 2.75) is 39.7 Å². The van der Waals surface area contributed by atoms with E-state index in [2.05, 4.69) is 0 Å². The van der Waals surface area contributed by atoms with Crippen molar-refractivity contribution in [3.63, 3.8) is 0 Å². The lowest BCUT2D eigenvalue weighted by molar-refractivity contribution is -0.116. The van der Waals surface area contributed by atoms with Crippen molar-refractivity contribution in [3.05, 3.63) is 0 Å². The topological polar surface area (TPSA) is 37.3 Å². The highest BCUT2D eigenvalue weighted by Crippen LogP contribution is 2.19. The van der Waals surface area contributed by atoms with Crippen molar-refractivity contribution < 1.29 is 9.90 Å². The monoisotopic (exact) mass is 144 g/mol. The summed E-state index contributed by atoms with van der Waals surface area (Å²) in [6, 6.07) is 0. The third-order valence-electron chi connectivity index (χ3n) is 1.55. The molecule has 0 radical (unpaired) electrons. The molecule has 2 nitrogen and oxygen atoms in total. The summed E-state index contributed by atoms with van der Waals surface area (Å²) in [7, 11) is 0. The molecule has 0 aliphatic rings. The first-order valence-electron chi connectivity index (χ1n) is 3.66. The van der Waals surface area contributed by atoms with E-state index in [4.69, 9.17) is 5.11 Å². The van der Waals surface area contributed by atoms with Gasteiger partial charge in [-0.15, -0.1) is 0 Å². The summed E-state index contributed by atoms with van der Waals surface area (Å²) in [5, 5.41) is 9.17. The second-order valence-electron chi connectivity index (χ2n) is 3.37. The van der Waals surface area contributed by atoms with Gasteiger partial charge < -0.3 is 9.90 Å². The minimum absolute atomic E-state index is 0.333. The van der Waals surface area contributed by atoms with Gasteiger partial charge in [-0.2, -0.15) is 0 Å². The predicted octanol–water partition coefficient (Wildman–Crippen LogP) is 1.37. The van der Waals surface area contributed by atoms with Gasteiger partial charge in [0.15, 0.2) is 0 Å². The van der Waals surface area contributed by atoms with Crippen LogP contribution in [-0.2, 0) is 4.79 Å². The molecular weight excluding hydrogens is 128 g/mol. The Balaban J connectivity index is 3.75. The molecule has 0 aromatic heterocycles. The SMILES string of the molecule is CCC(O)CC(C)(C)C=O. The zero-order valence-corrected chi connectivity index (χ0v) is 6.92. The fourth-order valence-corrected chi connectivity index (χ4v) is 0.800. The largest absolute Gasteiger partial charge is 0.393 e. The summed E-state index contributed by atoms with van der Waals surface area (Å²) < 4.78 is 0. The van der Waals surface area contributed by atoms with E-state index in [1.54, 1.807) is 0 Å². The maximum atomic E-state index is 10.4. The fourth-order valence-electron chi connectivity index (χ4n) is 0.800. The van der Waals surface area contributed by atoms with Gasteiger partial charge in [0, 0.05) is 5.41 Å². The number of hydrogen-bond donors (Lipinski definition) is 1. The second-order valence-corrected chi connectivity index (χ2v) is 3.37. The van der Waals surface area contributed by atoms with Crippen LogP contribution in [0, 0.1) is 5.41 Å². The van der Waals surface area contributed by atoms with Crippen LogP contribution in [0.3, 0.4) is 0 Å². The molecule has 0 rings (SSSR count). The van der Waals surface area contributed by atoms with Gasteiger partial charge in [-0.25, -0.2) is 0 Å². The molecule has 60 valence electrons. The third-order valence-corrected chi connectivity index (χ3v) is 1.55. The molecule has 0 amide bonds. The average molecular weight is 144 g/mol. The summed E-state index contributed by atoms with van der Waals surface area (Å²) in [6.07, 6.45) is 1.84. The molecule has 10 heavy (non-hydrogen) atoms. The van der Waals surface area contributed by atoms with Crippen LogP contribution >= 0.6 is 0 Å². The first kappa shape index (κ1) is 9.63. The lowest BCUT2D eigenvalue weighted by Gasteiger charge is -2.19. The van der Waals surface area contributed by atoms with Crippen molar-refractivity contribution in [2.24, 2.45) is 5.41 Å². The normalized spacial score (nSPS) is 14.8. The summed E-state index contributed by atoms with van der Waals surface area (Å²) in [5.74, 6) is 0. The average Bonchev–Trinajstić information content (AvgIpc) is 1.87. The highest BCUT2D eigenvalue weighted by Gasteiger charge is 2.19. The Kier molecular flexibility index (Phi) is 3.58. The van der Waals surface area contributed by atoms with Gasteiger partial charge in [0.2, 0.25) is 0 Å². The molecule has 1 unspecified atom stereocenters. The zero-order valence-electron chi connectivity index (χ0n) is 6.92. The standard InChI is InChI=1S/C8H16O2/c1-4-7(10)5-8(2,3)6-9/h6-7,10H,4-5H2,1-3H3. The summed E-state index contributed by atoms with van der Waals surface area (Å²) >= 11 is 0. The van der Waals surface area contributed by atoms with Crippen LogP contribution in [0.2, 0.25) is 0 Å². The molecule has 0 aliphatic carbocycles. The van der Waals surface area contributed by atoms with Crippen molar-refractivity contribution in [1.29, 1.82) is 0 Å². The number of aliphatic hydroxyl groups excluding tert-OH is 1. The van der Waals surface area contributed by atoms with Crippen molar-refractivity contribution >= 4 is 6.29 Å². The van der Waals surface area contributed by atoms with Crippen molar-refractivity contribution in [3.8, 4) is 0 Å². The number of carbonyl (C=O) groups is 1. The van der Waals surface area contributed by atoms with Crippen LogP contribution in [0.1, 0.15) is 33.6 Å². The molecule has 0 fully saturated rings. The lowest BCUT2D eigenvalue weighted by Crippen LogP contribution is -2.21. The summed E-state index contributed by atoms with van der Waals surface area (Å²) in [5.41, 5.74) is -0.366. The highest BCUT2D eigenvalue weighted by molar-refractivity contribution is 5.57. The van der Waals surface area contributed by atoms with Gasteiger partial charge in [-0.05, 0) is 12.8 Å². The number of rotatable bonds is 4. The Morgan fingerprint density at radius 3 is 2.40 bits per heavy atom. The molecular formula is C8H16O2. The maximum absolute atomic E-state index is 10.4. The van der Waals surface area contributed by atoms with Crippen LogP contribution < -0.4 is 0 Å². The molecule has 0 saturated heterocycles. The molecule has 0 aliphatic heterocycles. The van der Waals surface area contributed by atoms with Gasteiger partial charge in [0.05, 0.1) is 6.10 Å². The molecule has 0 aromatic rings. The van der Waals surface area contributed by atoms with E-state index in [0.717, 1.165) is 12.7 Å². The minimum Gasteiger partial charge on any atom is -0.393 e. The Morgan fingerprint density at radius 2 is 2.10 bits per heavy atom. The molecule has 0 heterocycles. The van der Waals surface area contributed by atoms with Crippen LogP contribution in [-0.4, -0.2) is 17.5 Å². The second kappa shape index (κ2) is 3.71. The Labute approximate surface area is 62.2 Å². The van der Waals surface area contributed by atoms with Crippen molar-refractivity contribution in [2.75, 3.05) is 0 Å². The summed E-state index contributed by atoms with van der Waals surface area (Å²) in [4.78, 5) is 10.4. The smallest absolute Gasteiger partial charge is 0.125 e. The van der Waals surface area contributed by atoms with Gasteiger partial charge in [0.25, 0.3) is 0 Å². The van der Waals surface area contributed by atoms with Gasteiger partial charge >= 0.3 is 0 Å². The third kappa shape index (κ3) is 3.62. The number of hydrogen-bond acceptors (Lipinski definition) is 2. The first-order chi connectivity index (χ1) is 4.52. The zero-order chi connectivity index (χ0) is 8.20. The van der Waals surface area contributed by atoms with Crippen LogP contribution in [0.5, 0.6) is 0 Å². The lowest BCUT2D eigenvalue weighted by atomic mass is 9.88. The predicted molar refractivity (Wildman–Crippen MR) is 40.8 cm³/mol. The quantitative estimate of drug-likeness (QED) is 0.605. The van der Waals surface area contributed by atoms with Gasteiger partial charge in [-0.3, -0.25) is 0 Å². The van der Waals surface area contributed by atoms with E-state index in [-0.39, 0.29) is 11.5 Å². The molecule has 0 aromatic carbocycles. The van der Waals surface area contributed by atoms with Gasteiger partial charge in [-0.1, -0.05) is 20.8 Å². The minimum atomic E-state index is -0.366. The Bertz CT molecular complexity index is 108. The fraction of sp³-hybridized carbons (Fsp3) is 0.875. The van der Waals surface area contributed by atoms with Gasteiger partial charge in [0.1, 0.15) is 6.29 Å². The number of aldehydes is 1. The van der Waals surface area contributed by atoms with E-state index in [1.807, 2.05) is 20.8 Å². The van der Waals surface area contributed by atoms with E-state index >= 15 is 0 Å². The van der Waals surface area contributed by atoms with Crippen molar-refractivity contribution in [1.82, 2.24) is 0 Å². The molecule has 0 saturated carbocycles. The number of aliphatic hydroxyl groups is 1. The maximum Gasteiger partial charge on any atom is 0.125 e. The highest BCUT2D eigenvalue weighted by atomic mass is 16.3. The first-order valence-corrected chi connectivity index (χ1v) is 3.66. The number of carbonyl (C=O) groups excluding carboxylic acids is 1. The van der Waals surface area contributed by atoms with Crippen LogP contribution in [0.25, 0.3) is 0 Å². The van der Waals surface area contributed by atoms with E-state index < -0.39 is 0 Å². The van der Waals surface area contributed by atoms with Crippen LogP contribution in [0.4, 0.5) is 0 Å². The van der Waals surface area contributed by atoms with Crippen LogP contribution in [0.15, 0.2) is 0 Å². The summed E-state index contributed by atoms with van der Waals surface area (Å²) in [6.45, 7) is 5.57. The molecule has 1 N–H and O–H groups in total. The molecule has 1 atom stereocenters. The molecule has 0 spiro atoms.